The van der Waals surface area contributed by atoms with Gasteiger partial charge in [0.25, 0.3) is 0 Å². The van der Waals surface area contributed by atoms with Crippen molar-refractivity contribution >= 4 is 13.4 Å². The van der Waals surface area contributed by atoms with Gasteiger partial charge < -0.3 is 19.3 Å². The zero-order valence-electron chi connectivity index (χ0n) is 11.1. The fourth-order valence-corrected chi connectivity index (χ4v) is 2.58. The largest absolute Gasteiger partial charge is 0.353 e. The Bertz CT molecular complexity index is 307. The van der Waals surface area contributed by atoms with Crippen molar-refractivity contribution in [3.05, 3.63) is 0 Å². The van der Waals surface area contributed by atoms with Gasteiger partial charge in [0.15, 0.2) is 6.29 Å². The fraction of sp³-hybridized carbons (Fsp3) is 0.917. The summed E-state index contributed by atoms with van der Waals surface area (Å²) in [5.41, 5.74) is 0. The van der Waals surface area contributed by atoms with Crippen LogP contribution in [-0.4, -0.2) is 41.2 Å². The quantitative estimate of drug-likeness (QED) is 0.498. The predicted molar refractivity (Wildman–Crippen MR) is 69.9 cm³/mol. The Hall–Kier alpha value is -0.260. The minimum Gasteiger partial charge on any atom is -0.353 e. The first-order valence-corrected chi connectivity index (χ1v) is 8.56. The minimum atomic E-state index is -4.19. The SMILES string of the molecule is O=C(CCCCCOC1CCCCO1)CP(=O)(O)O. The lowest BCUT2D eigenvalue weighted by atomic mass is 10.1. The van der Waals surface area contributed by atoms with Gasteiger partial charge in [0, 0.05) is 19.6 Å². The molecule has 1 atom stereocenters. The maximum Gasteiger partial charge on any atom is 0.332 e. The number of hydrogen-bond acceptors (Lipinski definition) is 4. The monoisotopic (exact) mass is 294 g/mol. The maximum atomic E-state index is 11.2. The van der Waals surface area contributed by atoms with Gasteiger partial charge in [0.05, 0.1) is 0 Å². The summed E-state index contributed by atoms with van der Waals surface area (Å²) < 4.78 is 21.5. The van der Waals surface area contributed by atoms with Gasteiger partial charge in [-0.25, -0.2) is 0 Å². The topological polar surface area (TPSA) is 93.1 Å². The zero-order valence-corrected chi connectivity index (χ0v) is 12.0. The van der Waals surface area contributed by atoms with Gasteiger partial charge in [0.2, 0.25) is 0 Å². The van der Waals surface area contributed by atoms with Crippen LogP contribution in [0.25, 0.3) is 0 Å². The van der Waals surface area contributed by atoms with Crippen LogP contribution in [0.5, 0.6) is 0 Å². The van der Waals surface area contributed by atoms with Crippen molar-refractivity contribution in [2.75, 3.05) is 19.4 Å². The molecule has 7 heteroatoms. The van der Waals surface area contributed by atoms with Crippen LogP contribution in [0, 0.1) is 0 Å². The summed E-state index contributed by atoms with van der Waals surface area (Å²) in [6, 6.07) is 0. The first-order chi connectivity index (χ1) is 8.97. The van der Waals surface area contributed by atoms with Gasteiger partial charge in [-0.2, -0.15) is 0 Å². The van der Waals surface area contributed by atoms with Gasteiger partial charge in [0.1, 0.15) is 11.9 Å². The van der Waals surface area contributed by atoms with E-state index in [1.807, 2.05) is 0 Å². The first kappa shape index (κ1) is 16.8. The fourth-order valence-electron chi connectivity index (χ4n) is 1.97. The van der Waals surface area contributed by atoms with Gasteiger partial charge in [-0.3, -0.25) is 9.36 Å². The van der Waals surface area contributed by atoms with E-state index in [4.69, 9.17) is 19.3 Å². The van der Waals surface area contributed by atoms with Crippen LogP contribution in [-0.2, 0) is 18.8 Å². The smallest absolute Gasteiger partial charge is 0.332 e. The van der Waals surface area contributed by atoms with Gasteiger partial charge in [-0.15, -0.1) is 0 Å². The molecule has 1 unspecified atom stereocenters. The molecular formula is C12H23O6P. The number of carbonyl (C=O) groups excluding carboxylic acids is 1. The van der Waals surface area contributed by atoms with E-state index in [2.05, 4.69) is 0 Å². The van der Waals surface area contributed by atoms with Crippen LogP contribution in [0.1, 0.15) is 44.9 Å². The summed E-state index contributed by atoms with van der Waals surface area (Å²) in [6.45, 7) is 1.37. The molecule has 0 radical (unpaired) electrons. The molecule has 0 aromatic rings. The average molecular weight is 294 g/mol. The number of Topliss-reactive ketones (excluding diaryl/α,β-unsaturated/α-hetero) is 1. The third-order valence-electron chi connectivity index (χ3n) is 2.92. The van der Waals surface area contributed by atoms with E-state index in [0.29, 0.717) is 13.0 Å². The molecule has 0 aliphatic carbocycles. The second kappa shape index (κ2) is 8.82. The van der Waals surface area contributed by atoms with E-state index in [0.717, 1.165) is 38.7 Å². The Kier molecular flexibility index (Phi) is 7.80. The highest BCUT2D eigenvalue weighted by molar-refractivity contribution is 7.52. The molecule has 2 N–H and O–H groups in total. The van der Waals surface area contributed by atoms with Crippen LogP contribution >= 0.6 is 7.60 Å². The van der Waals surface area contributed by atoms with Crippen LogP contribution in [0.2, 0.25) is 0 Å². The molecule has 0 amide bonds. The third-order valence-corrected chi connectivity index (χ3v) is 3.69. The summed E-state index contributed by atoms with van der Waals surface area (Å²) in [5, 5.41) is 0. The Balaban J connectivity index is 1.93. The number of unbranched alkanes of at least 4 members (excludes halogenated alkanes) is 2. The molecule has 1 heterocycles. The molecule has 0 aromatic heterocycles. The maximum absolute atomic E-state index is 11.2. The van der Waals surface area contributed by atoms with Crippen molar-refractivity contribution in [2.45, 2.75) is 51.2 Å². The lowest BCUT2D eigenvalue weighted by Gasteiger charge is -2.22. The zero-order chi connectivity index (χ0) is 14.1. The van der Waals surface area contributed by atoms with Crippen molar-refractivity contribution in [3.63, 3.8) is 0 Å². The molecule has 6 nitrogen and oxygen atoms in total. The molecule has 0 spiro atoms. The summed E-state index contributed by atoms with van der Waals surface area (Å²) in [5.74, 6) is -0.370. The van der Waals surface area contributed by atoms with Gasteiger partial charge >= 0.3 is 7.60 Å². The lowest BCUT2D eigenvalue weighted by molar-refractivity contribution is -0.162. The molecule has 0 saturated carbocycles. The highest BCUT2D eigenvalue weighted by Crippen LogP contribution is 2.34. The molecule has 19 heavy (non-hydrogen) atoms. The average Bonchev–Trinajstić information content (AvgIpc) is 2.32. The summed E-state index contributed by atoms with van der Waals surface area (Å²) in [6.07, 6.45) is 5.00. The van der Waals surface area contributed by atoms with Crippen LogP contribution < -0.4 is 0 Å². The lowest BCUT2D eigenvalue weighted by Crippen LogP contribution is -2.22. The van der Waals surface area contributed by atoms with E-state index in [1.54, 1.807) is 0 Å². The second-order valence-electron chi connectivity index (χ2n) is 4.84. The number of rotatable bonds is 9. The van der Waals surface area contributed by atoms with Crippen LogP contribution in [0.3, 0.4) is 0 Å². The van der Waals surface area contributed by atoms with Crippen LogP contribution in [0.15, 0.2) is 0 Å². The molecule has 1 aliphatic heterocycles. The van der Waals surface area contributed by atoms with E-state index in [1.165, 1.54) is 0 Å². The van der Waals surface area contributed by atoms with Crippen LogP contribution in [0.4, 0.5) is 0 Å². The molecular weight excluding hydrogens is 271 g/mol. The van der Waals surface area contributed by atoms with Crippen molar-refractivity contribution in [2.24, 2.45) is 0 Å². The molecule has 0 bridgehead atoms. The van der Waals surface area contributed by atoms with Crippen molar-refractivity contribution in [3.8, 4) is 0 Å². The standard InChI is InChI=1S/C12H23O6P/c13-11(10-19(14,15)16)6-2-1-4-8-17-12-7-3-5-9-18-12/h12H,1-10H2,(H2,14,15,16). The van der Waals surface area contributed by atoms with Gasteiger partial charge in [-0.05, 0) is 32.1 Å². The second-order valence-corrected chi connectivity index (χ2v) is 6.48. The highest BCUT2D eigenvalue weighted by Gasteiger charge is 2.18. The molecule has 1 rings (SSSR count). The Morgan fingerprint density at radius 1 is 1.26 bits per heavy atom. The molecule has 1 fully saturated rings. The molecule has 112 valence electrons. The molecule has 1 saturated heterocycles. The number of carbonyl (C=O) groups is 1. The Labute approximate surface area is 113 Å². The minimum absolute atomic E-state index is 0.0787. The Morgan fingerprint density at radius 2 is 2.05 bits per heavy atom. The van der Waals surface area contributed by atoms with Crippen molar-refractivity contribution in [1.82, 2.24) is 0 Å². The van der Waals surface area contributed by atoms with E-state index < -0.39 is 13.8 Å². The number of ether oxygens (including phenoxy) is 2. The van der Waals surface area contributed by atoms with Crippen molar-refractivity contribution in [1.29, 1.82) is 0 Å². The first-order valence-electron chi connectivity index (χ1n) is 6.77. The third kappa shape index (κ3) is 9.30. The van der Waals surface area contributed by atoms with E-state index in [-0.39, 0.29) is 18.5 Å². The van der Waals surface area contributed by atoms with Gasteiger partial charge in [-0.1, -0.05) is 6.42 Å². The normalized spacial score (nSPS) is 20.4. The molecule has 1 aliphatic rings. The molecule has 0 aromatic carbocycles. The van der Waals surface area contributed by atoms with E-state index in [9.17, 15) is 9.36 Å². The summed E-state index contributed by atoms with van der Waals surface area (Å²) in [4.78, 5) is 28.5. The number of hydrogen-bond donors (Lipinski definition) is 2. The highest BCUT2D eigenvalue weighted by atomic mass is 31.2. The van der Waals surface area contributed by atoms with Crippen molar-refractivity contribution < 1.29 is 28.6 Å². The summed E-state index contributed by atoms with van der Waals surface area (Å²) >= 11 is 0. The number of ketones is 1. The van der Waals surface area contributed by atoms with E-state index >= 15 is 0 Å². The predicted octanol–water partition coefficient (Wildman–Crippen LogP) is 1.84. The Morgan fingerprint density at radius 3 is 2.68 bits per heavy atom. The summed E-state index contributed by atoms with van der Waals surface area (Å²) in [7, 11) is -4.19.